The summed E-state index contributed by atoms with van der Waals surface area (Å²) in [6.45, 7) is 2.27. The summed E-state index contributed by atoms with van der Waals surface area (Å²) in [5.74, 6) is -0.591. The number of benzene rings is 1. The maximum Gasteiger partial charge on any atom is 0.321 e. The minimum absolute atomic E-state index is 0. The summed E-state index contributed by atoms with van der Waals surface area (Å²) in [4.78, 5) is 28.6. The van der Waals surface area contributed by atoms with E-state index in [-0.39, 0.29) is 42.0 Å². The minimum atomic E-state index is -0.470. The zero-order valence-corrected chi connectivity index (χ0v) is 15.5. The SMILES string of the molecule is Cl.NC1CCCN(C(=O)C2CCCN(C(=O)Nc3ccccc3F)C2)C1. The van der Waals surface area contributed by atoms with Crippen LogP contribution in [0.3, 0.4) is 0 Å². The summed E-state index contributed by atoms with van der Waals surface area (Å²) >= 11 is 0. The third kappa shape index (κ3) is 4.86. The number of halogens is 2. The monoisotopic (exact) mass is 384 g/mol. The number of likely N-dealkylation sites (tertiary alicyclic amines) is 2. The number of carbonyl (C=O) groups is 2. The molecule has 2 saturated heterocycles. The highest BCUT2D eigenvalue weighted by Crippen LogP contribution is 2.22. The summed E-state index contributed by atoms with van der Waals surface area (Å²) in [6.07, 6.45) is 3.41. The van der Waals surface area contributed by atoms with E-state index in [0.29, 0.717) is 19.6 Å². The fourth-order valence-electron chi connectivity index (χ4n) is 3.59. The van der Waals surface area contributed by atoms with E-state index in [2.05, 4.69) is 5.32 Å². The number of carbonyl (C=O) groups excluding carboxylic acids is 2. The molecule has 3 N–H and O–H groups in total. The molecule has 0 bridgehead atoms. The van der Waals surface area contributed by atoms with Crippen molar-refractivity contribution in [2.24, 2.45) is 11.7 Å². The van der Waals surface area contributed by atoms with Crippen molar-refractivity contribution in [2.75, 3.05) is 31.5 Å². The molecular weight excluding hydrogens is 359 g/mol. The van der Waals surface area contributed by atoms with Crippen molar-refractivity contribution in [2.45, 2.75) is 31.7 Å². The van der Waals surface area contributed by atoms with Crippen molar-refractivity contribution in [3.63, 3.8) is 0 Å². The molecule has 3 rings (SSSR count). The van der Waals surface area contributed by atoms with Gasteiger partial charge in [-0.1, -0.05) is 12.1 Å². The van der Waals surface area contributed by atoms with E-state index < -0.39 is 5.82 Å². The van der Waals surface area contributed by atoms with Gasteiger partial charge in [-0.15, -0.1) is 12.4 Å². The van der Waals surface area contributed by atoms with Gasteiger partial charge in [-0.25, -0.2) is 9.18 Å². The topological polar surface area (TPSA) is 78.7 Å². The highest BCUT2D eigenvalue weighted by atomic mass is 35.5. The molecule has 6 nitrogen and oxygen atoms in total. The molecule has 0 aliphatic carbocycles. The molecule has 2 atom stereocenters. The Kier molecular flexibility index (Phi) is 7.23. The lowest BCUT2D eigenvalue weighted by Crippen LogP contribution is -2.52. The summed E-state index contributed by atoms with van der Waals surface area (Å²) < 4.78 is 13.7. The van der Waals surface area contributed by atoms with Gasteiger partial charge < -0.3 is 20.9 Å². The average molecular weight is 385 g/mol. The molecule has 0 aromatic heterocycles. The second-order valence-electron chi connectivity index (χ2n) is 6.88. The number of piperidine rings is 2. The molecule has 8 heteroatoms. The lowest BCUT2D eigenvalue weighted by atomic mass is 9.95. The van der Waals surface area contributed by atoms with Crippen LogP contribution in [0, 0.1) is 11.7 Å². The number of rotatable bonds is 2. The predicted octanol–water partition coefficient (Wildman–Crippen LogP) is 2.44. The molecule has 2 aliphatic heterocycles. The Morgan fingerprint density at radius 2 is 1.77 bits per heavy atom. The van der Waals surface area contributed by atoms with Crippen LogP contribution in [0.2, 0.25) is 0 Å². The summed E-state index contributed by atoms with van der Waals surface area (Å²) in [5.41, 5.74) is 6.12. The summed E-state index contributed by atoms with van der Waals surface area (Å²) in [7, 11) is 0. The number of hydrogen-bond acceptors (Lipinski definition) is 3. The van der Waals surface area contributed by atoms with Gasteiger partial charge in [0.2, 0.25) is 5.91 Å². The number of hydrogen-bond donors (Lipinski definition) is 2. The normalized spacial score (nSPS) is 23.2. The zero-order chi connectivity index (χ0) is 17.8. The smallest absolute Gasteiger partial charge is 0.321 e. The van der Waals surface area contributed by atoms with Crippen LogP contribution in [0.4, 0.5) is 14.9 Å². The minimum Gasteiger partial charge on any atom is -0.341 e. The summed E-state index contributed by atoms with van der Waals surface area (Å²) in [6, 6.07) is 5.75. The Balaban J connectivity index is 0.00000243. The zero-order valence-electron chi connectivity index (χ0n) is 14.7. The van der Waals surface area contributed by atoms with Crippen LogP contribution in [0.25, 0.3) is 0 Å². The standard InChI is InChI=1S/C18H25FN4O2.ClH/c19-15-7-1-2-8-16(15)21-18(25)23-10-3-5-13(11-23)17(24)22-9-4-6-14(20)12-22;/h1-2,7-8,13-14H,3-6,9-12,20H2,(H,21,25);1H. The molecular formula is C18H26ClFN4O2. The summed E-state index contributed by atoms with van der Waals surface area (Å²) in [5, 5.41) is 2.59. The van der Waals surface area contributed by atoms with Gasteiger partial charge in [0.15, 0.2) is 0 Å². The van der Waals surface area contributed by atoms with Crippen molar-refractivity contribution in [3.05, 3.63) is 30.1 Å². The first kappa shape index (κ1) is 20.5. The highest BCUT2D eigenvalue weighted by Gasteiger charge is 2.32. The fourth-order valence-corrected chi connectivity index (χ4v) is 3.59. The van der Waals surface area contributed by atoms with Crippen molar-refractivity contribution in [1.29, 1.82) is 0 Å². The molecule has 2 fully saturated rings. The van der Waals surface area contributed by atoms with E-state index in [1.54, 1.807) is 17.0 Å². The second-order valence-corrected chi connectivity index (χ2v) is 6.88. The first-order chi connectivity index (χ1) is 12.0. The fraction of sp³-hybridized carbons (Fsp3) is 0.556. The highest BCUT2D eigenvalue weighted by molar-refractivity contribution is 5.90. The van der Waals surface area contributed by atoms with Gasteiger partial charge in [-0.05, 0) is 37.8 Å². The number of nitrogens with zero attached hydrogens (tertiary/aromatic N) is 2. The van der Waals surface area contributed by atoms with Crippen LogP contribution in [-0.4, -0.2) is 54.0 Å². The number of anilines is 1. The van der Waals surface area contributed by atoms with Gasteiger partial charge in [-0.3, -0.25) is 4.79 Å². The van der Waals surface area contributed by atoms with E-state index in [0.717, 1.165) is 32.2 Å². The average Bonchev–Trinajstić information content (AvgIpc) is 2.63. The van der Waals surface area contributed by atoms with Crippen molar-refractivity contribution in [1.82, 2.24) is 9.80 Å². The third-order valence-corrected chi connectivity index (χ3v) is 4.94. The van der Waals surface area contributed by atoms with Gasteiger partial charge >= 0.3 is 6.03 Å². The number of amides is 3. The molecule has 26 heavy (non-hydrogen) atoms. The Bertz CT molecular complexity index is 645. The maximum absolute atomic E-state index is 13.7. The molecule has 2 aliphatic rings. The Labute approximate surface area is 159 Å². The van der Waals surface area contributed by atoms with E-state index in [1.165, 1.54) is 12.1 Å². The molecule has 2 unspecified atom stereocenters. The van der Waals surface area contributed by atoms with Crippen LogP contribution in [0.1, 0.15) is 25.7 Å². The van der Waals surface area contributed by atoms with Crippen LogP contribution >= 0.6 is 12.4 Å². The lowest BCUT2D eigenvalue weighted by Gasteiger charge is -2.37. The van der Waals surface area contributed by atoms with E-state index in [4.69, 9.17) is 5.73 Å². The number of urea groups is 1. The molecule has 144 valence electrons. The Morgan fingerprint density at radius 3 is 2.50 bits per heavy atom. The van der Waals surface area contributed by atoms with Crippen LogP contribution in [-0.2, 0) is 4.79 Å². The molecule has 0 saturated carbocycles. The van der Waals surface area contributed by atoms with Gasteiger partial charge in [0.1, 0.15) is 5.82 Å². The van der Waals surface area contributed by atoms with E-state index >= 15 is 0 Å². The van der Waals surface area contributed by atoms with Crippen molar-refractivity contribution in [3.8, 4) is 0 Å². The molecule has 0 spiro atoms. The lowest BCUT2D eigenvalue weighted by molar-refractivity contribution is -0.138. The van der Waals surface area contributed by atoms with Gasteiger partial charge in [0.05, 0.1) is 11.6 Å². The van der Waals surface area contributed by atoms with Gasteiger partial charge in [-0.2, -0.15) is 0 Å². The van der Waals surface area contributed by atoms with Crippen LogP contribution < -0.4 is 11.1 Å². The quantitative estimate of drug-likeness (QED) is 0.822. The van der Waals surface area contributed by atoms with Crippen molar-refractivity contribution >= 4 is 30.0 Å². The third-order valence-electron chi connectivity index (χ3n) is 4.94. The molecule has 1 aromatic carbocycles. The van der Waals surface area contributed by atoms with Crippen LogP contribution in [0.15, 0.2) is 24.3 Å². The first-order valence-electron chi connectivity index (χ1n) is 8.89. The molecule has 1 aromatic rings. The number of nitrogens with two attached hydrogens (primary N) is 1. The van der Waals surface area contributed by atoms with Crippen LogP contribution in [0.5, 0.6) is 0 Å². The predicted molar refractivity (Wildman–Crippen MR) is 101 cm³/mol. The molecule has 3 amide bonds. The van der Waals surface area contributed by atoms with E-state index in [9.17, 15) is 14.0 Å². The largest absolute Gasteiger partial charge is 0.341 e. The van der Waals surface area contributed by atoms with Gasteiger partial charge in [0.25, 0.3) is 0 Å². The molecule has 2 heterocycles. The van der Waals surface area contributed by atoms with E-state index in [1.807, 2.05) is 4.90 Å². The van der Waals surface area contributed by atoms with Crippen molar-refractivity contribution < 1.29 is 14.0 Å². The Morgan fingerprint density at radius 1 is 1.08 bits per heavy atom. The number of nitrogens with one attached hydrogen (secondary N) is 1. The second kappa shape index (κ2) is 9.19. The maximum atomic E-state index is 13.7. The molecule has 0 radical (unpaired) electrons. The first-order valence-corrected chi connectivity index (χ1v) is 8.89. The van der Waals surface area contributed by atoms with Gasteiger partial charge in [0, 0.05) is 32.2 Å². The number of para-hydroxylation sites is 1. The Hall–Kier alpha value is -1.86.